The second-order valence-corrected chi connectivity index (χ2v) is 5.30. The van der Waals surface area contributed by atoms with E-state index in [0.29, 0.717) is 0 Å². The number of aryl methyl sites for hydroxylation is 2. The van der Waals surface area contributed by atoms with Crippen molar-refractivity contribution in [1.82, 2.24) is 4.98 Å². The Morgan fingerprint density at radius 2 is 2.15 bits per heavy atom. The number of thiophene rings is 1. The van der Waals surface area contributed by atoms with Crippen LogP contribution in [0.15, 0.2) is 18.3 Å². The number of thiazole rings is 1. The summed E-state index contributed by atoms with van der Waals surface area (Å²) in [6.45, 7) is 4.29. The Morgan fingerprint density at radius 3 is 2.69 bits per heavy atom. The van der Waals surface area contributed by atoms with Gasteiger partial charge >= 0.3 is 0 Å². The van der Waals surface area contributed by atoms with Gasteiger partial charge in [0.2, 0.25) is 0 Å². The summed E-state index contributed by atoms with van der Waals surface area (Å²) in [5, 5.41) is 1.16. The molecule has 0 N–H and O–H groups in total. The molecule has 13 heavy (non-hydrogen) atoms. The van der Waals surface area contributed by atoms with Gasteiger partial charge in [0, 0.05) is 16.0 Å². The Morgan fingerprint density at radius 1 is 1.31 bits per heavy atom. The lowest BCUT2D eigenvalue weighted by Crippen LogP contribution is -1.65. The fourth-order valence-corrected chi connectivity index (χ4v) is 2.92. The molecule has 3 heteroatoms. The fourth-order valence-electron chi connectivity index (χ4n) is 1.13. The minimum Gasteiger partial charge on any atom is -0.243 e. The molecule has 0 aromatic carbocycles. The topological polar surface area (TPSA) is 12.9 Å². The highest BCUT2D eigenvalue weighted by atomic mass is 32.1. The molecule has 0 atom stereocenters. The van der Waals surface area contributed by atoms with E-state index in [-0.39, 0.29) is 0 Å². The van der Waals surface area contributed by atoms with Crippen molar-refractivity contribution in [2.24, 2.45) is 0 Å². The Hall–Kier alpha value is -0.670. The molecule has 0 bridgehead atoms. The predicted molar refractivity (Wildman–Crippen MR) is 59.5 cm³/mol. The van der Waals surface area contributed by atoms with E-state index >= 15 is 0 Å². The Bertz CT molecular complexity index is 400. The highest BCUT2D eigenvalue weighted by molar-refractivity contribution is 7.21. The Labute approximate surface area is 86.1 Å². The van der Waals surface area contributed by atoms with E-state index < -0.39 is 0 Å². The SMILES string of the molecule is CCc1cnc(-c2ccc(C)s2)s1. The van der Waals surface area contributed by atoms with Crippen LogP contribution in [0.2, 0.25) is 0 Å². The second kappa shape index (κ2) is 3.60. The lowest BCUT2D eigenvalue weighted by atomic mass is 10.4. The molecular formula is C10H11NS2. The maximum Gasteiger partial charge on any atom is 0.133 e. The first-order chi connectivity index (χ1) is 6.29. The van der Waals surface area contributed by atoms with Crippen LogP contribution in [0.3, 0.4) is 0 Å². The zero-order valence-electron chi connectivity index (χ0n) is 7.70. The summed E-state index contributed by atoms with van der Waals surface area (Å²) >= 11 is 3.61. The first-order valence-corrected chi connectivity index (χ1v) is 5.94. The van der Waals surface area contributed by atoms with Gasteiger partial charge in [0.25, 0.3) is 0 Å². The number of hydrogen-bond donors (Lipinski definition) is 0. The highest BCUT2D eigenvalue weighted by Gasteiger charge is 2.04. The van der Waals surface area contributed by atoms with Crippen molar-refractivity contribution in [3.05, 3.63) is 28.1 Å². The smallest absolute Gasteiger partial charge is 0.133 e. The molecule has 2 aromatic heterocycles. The largest absolute Gasteiger partial charge is 0.243 e. The van der Waals surface area contributed by atoms with Crippen molar-refractivity contribution in [1.29, 1.82) is 0 Å². The van der Waals surface area contributed by atoms with Crippen LogP contribution in [0.1, 0.15) is 16.7 Å². The molecule has 0 spiro atoms. The van der Waals surface area contributed by atoms with Gasteiger partial charge in [-0.25, -0.2) is 4.98 Å². The van der Waals surface area contributed by atoms with Crippen molar-refractivity contribution >= 4 is 22.7 Å². The van der Waals surface area contributed by atoms with Crippen LogP contribution >= 0.6 is 22.7 Å². The molecule has 0 radical (unpaired) electrons. The Kier molecular flexibility index (Phi) is 2.47. The molecule has 2 aromatic rings. The lowest BCUT2D eigenvalue weighted by Gasteiger charge is -1.86. The van der Waals surface area contributed by atoms with Crippen molar-refractivity contribution in [2.45, 2.75) is 20.3 Å². The number of aromatic nitrogens is 1. The van der Waals surface area contributed by atoms with E-state index in [1.807, 2.05) is 17.5 Å². The van der Waals surface area contributed by atoms with Gasteiger partial charge in [-0.2, -0.15) is 0 Å². The summed E-state index contributed by atoms with van der Waals surface area (Å²) in [6.07, 6.45) is 3.07. The molecule has 68 valence electrons. The monoisotopic (exact) mass is 209 g/mol. The normalized spacial score (nSPS) is 10.6. The van der Waals surface area contributed by atoms with E-state index in [1.54, 1.807) is 11.3 Å². The first-order valence-electron chi connectivity index (χ1n) is 4.31. The molecule has 0 saturated heterocycles. The zero-order valence-corrected chi connectivity index (χ0v) is 9.34. The van der Waals surface area contributed by atoms with Gasteiger partial charge in [-0.3, -0.25) is 0 Å². The van der Waals surface area contributed by atoms with Crippen LogP contribution in [-0.2, 0) is 6.42 Å². The van der Waals surface area contributed by atoms with Crippen LogP contribution in [-0.4, -0.2) is 4.98 Å². The molecule has 0 fully saturated rings. The number of nitrogens with zero attached hydrogens (tertiary/aromatic N) is 1. The molecule has 2 heterocycles. The minimum absolute atomic E-state index is 1.09. The van der Waals surface area contributed by atoms with Crippen molar-refractivity contribution in [3.63, 3.8) is 0 Å². The average Bonchev–Trinajstić information content (AvgIpc) is 2.71. The lowest BCUT2D eigenvalue weighted by molar-refractivity contribution is 1.17. The van der Waals surface area contributed by atoms with Crippen molar-refractivity contribution in [2.75, 3.05) is 0 Å². The van der Waals surface area contributed by atoms with Crippen LogP contribution in [0.4, 0.5) is 0 Å². The summed E-state index contributed by atoms with van der Waals surface area (Å²) in [5.41, 5.74) is 0. The summed E-state index contributed by atoms with van der Waals surface area (Å²) in [6, 6.07) is 4.30. The van der Waals surface area contributed by atoms with E-state index in [2.05, 4.69) is 31.0 Å². The summed E-state index contributed by atoms with van der Waals surface area (Å²) in [5.74, 6) is 0. The molecule has 0 aliphatic carbocycles. The van der Waals surface area contributed by atoms with E-state index in [4.69, 9.17) is 0 Å². The first kappa shape index (κ1) is 8.91. The van der Waals surface area contributed by atoms with Gasteiger partial charge in [0.05, 0.1) is 4.88 Å². The third-order valence-electron chi connectivity index (χ3n) is 1.85. The maximum atomic E-state index is 4.40. The number of hydrogen-bond acceptors (Lipinski definition) is 3. The fraction of sp³-hybridized carbons (Fsp3) is 0.300. The zero-order chi connectivity index (χ0) is 9.26. The molecule has 0 amide bonds. The minimum atomic E-state index is 1.09. The van der Waals surface area contributed by atoms with Crippen LogP contribution in [0.5, 0.6) is 0 Å². The number of rotatable bonds is 2. The molecular weight excluding hydrogens is 198 g/mol. The van der Waals surface area contributed by atoms with E-state index in [0.717, 1.165) is 11.4 Å². The molecule has 0 aliphatic heterocycles. The molecule has 2 rings (SSSR count). The van der Waals surface area contributed by atoms with E-state index in [1.165, 1.54) is 14.6 Å². The summed E-state index contributed by atoms with van der Waals surface area (Å²) in [4.78, 5) is 8.41. The van der Waals surface area contributed by atoms with Gasteiger partial charge in [0.1, 0.15) is 5.01 Å². The van der Waals surface area contributed by atoms with Gasteiger partial charge in [-0.05, 0) is 25.5 Å². The maximum absolute atomic E-state index is 4.40. The van der Waals surface area contributed by atoms with Crippen LogP contribution < -0.4 is 0 Å². The predicted octanol–water partition coefficient (Wildman–Crippen LogP) is 3.74. The Balaban J connectivity index is 2.35. The average molecular weight is 209 g/mol. The van der Waals surface area contributed by atoms with Gasteiger partial charge in [-0.15, -0.1) is 22.7 Å². The van der Waals surface area contributed by atoms with Gasteiger partial charge < -0.3 is 0 Å². The quantitative estimate of drug-likeness (QED) is 0.734. The van der Waals surface area contributed by atoms with E-state index in [9.17, 15) is 0 Å². The summed E-state index contributed by atoms with van der Waals surface area (Å²) in [7, 11) is 0. The van der Waals surface area contributed by atoms with Gasteiger partial charge in [0.15, 0.2) is 0 Å². The third-order valence-corrected chi connectivity index (χ3v) is 4.16. The van der Waals surface area contributed by atoms with Crippen LogP contribution in [0, 0.1) is 6.92 Å². The molecule has 1 nitrogen and oxygen atoms in total. The van der Waals surface area contributed by atoms with Crippen molar-refractivity contribution < 1.29 is 0 Å². The molecule has 0 aliphatic rings. The van der Waals surface area contributed by atoms with Gasteiger partial charge in [-0.1, -0.05) is 6.92 Å². The second-order valence-electron chi connectivity index (χ2n) is 2.90. The van der Waals surface area contributed by atoms with Crippen LogP contribution in [0.25, 0.3) is 9.88 Å². The molecule has 0 unspecified atom stereocenters. The third kappa shape index (κ3) is 1.81. The molecule has 0 saturated carbocycles. The highest BCUT2D eigenvalue weighted by Crippen LogP contribution is 2.30. The summed E-state index contributed by atoms with van der Waals surface area (Å²) < 4.78 is 0. The van der Waals surface area contributed by atoms with Crippen molar-refractivity contribution in [3.8, 4) is 9.88 Å². The standard InChI is InChI=1S/C10H11NS2/c1-3-8-6-11-10(13-8)9-5-4-7(2)12-9/h4-6H,3H2,1-2H3.